The Kier molecular flexibility index (Phi) is 6.20. The Morgan fingerprint density at radius 3 is 2.58 bits per heavy atom. The zero-order valence-corrected chi connectivity index (χ0v) is 14.1. The number of rotatable bonds is 8. The highest BCUT2D eigenvalue weighted by molar-refractivity contribution is 6.31. The zero-order chi connectivity index (χ0) is 17.6. The van der Waals surface area contributed by atoms with Gasteiger partial charge in [-0.3, -0.25) is 14.4 Å². The Bertz CT molecular complexity index is 635. The van der Waals surface area contributed by atoms with Crippen molar-refractivity contribution < 1.29 is 19.5 Å². The molecule has 0 saturated carbocycles. The van der Waals surface area contributed by atoms with Gasteiger partial charge in [-0.25, -0.2) is 0 Å². The third-order valence-corrected chi connectivity index (χ3v) is 4.69. The molecular weight excluding hydrogens is 332 g/mol. The van der Waals surface area contributed by atoms with Crippen molar-refractivity contribution in [3.05, 3.63) is 34.9 Å². The molecule has 24 heavy (non-hydrogen) atoms. The molecule has 1 aliphatic heterocycles. The molecule has 130 valence electrons. The normalized spacial score (nSPS) is 19.8. The average molecular weight is 353 g/mol. The minimum atomic E-state index is -0.904. The molecule has 2 rings (SSSR count). The van der Waals surface area contributed by atoms with E-state index in [0.29, 0.717) is 37.3 Å². The van der Waals surface area contributed by atoms with Gasteiger partial charge in [-0.2, -0.15) is 0 Å². The van der Waals surface area contributed by atoms with E-state index in [1.54, 1.807) is 6.07 Å². The standard InChI is InChI=1S/C17H21ClN2O4/c18-13-4-2-1-3-12(13)11-19-14(21)5-8-17(10-7-16(23)24)9-6-15(22)20-17/h1-4H,5-11H2,(H,19,21)(H,20,22)(H,23,24)/t17-/m0/s1. The smallest absolute Gasteiger partial charge is 0.303 e. The molecule has 0 bridgehead atoms. The predicted molar refractivity (Wildman–Crippen MR) is 89.5 cm³/mol. The summed E-state index contributed by atoms with van der Waals surface area (Å²) in [5.41, 5.74) is 0.249. The van der Waals surface area contributed by atoms with E-state index in [-0.39, 0.29) is 24.7 Å². The van der Waals surface area contributed by atoms with E-state index in [1.807, 2.05) is 18.2 Å². The minimum absolute atomic E-state index is 0.0263. The van der Waals surface area contributed by atoms with Crippen molar-refractivity contribution in [2.24, 2.45) is 0 Å². The second-order valence-corrected chi connectivity index (χ2v) is 6.50. The number of carbonyl (C=O) groups is 3. The number of carbonyl (C=O) groups excluding carboxylic acids is 2. The largest absolute Gasteiger partial charge is 0.481 e. The van der Waals surface area contributed by atoms with Gasteiger partial charge in [0.1, 0.15) is 0 Å². The molecule has 1 atom stereocenters. The summed E-state index contributed by atoms with van der Waals surface area (Å²) >= 11 is 6.04. The minimum Gasteiger partial charge on any atom is -0.481 e. The van der Waals surface area contributed by atoms with Crippen LogP contribution < -0.4 is 10.6 Å². The fourth-order valence-corrected chi connectivity index (χ4v) is 3.10. The van der Waals surface area contributed by atoms with Crippen LogP contribution in [0.4, 0.5) is 0 Å². The Balaban J connectivity index is 1.85. The highest BCUT2D eigenvalue weighted by Crippen LogP contribution is 2.30. The van der Waals surface area contributed by atoms with Gasteiger partial charge in [0.15, 0.2) is 0 Å². The lowest BCUT2D eigenvalue weighted by atomic mass is 9.86. The van der Waals surface area contributed by atoms with Gasteiger partial charge < -0.3 is 15.7 Å². The predicted octanol–water partition coefficient (Wildman–Crippen LogP) is 2.25. The molecule has 0 aliphatic carbocycles. The molecule has 7 heteroatoms. The summed E-state index contributed by atoms with van der Waals surface area (Å²) in [5.74, 6) is -1.14. The molecule has 1 aromatic carbocycles. The maximum atomic E-state index is 12.1. The SMILES string of the molecule is O=C(O)CC[C@]1(CCC(=O)NCc2ccccc2Cl)CCC(=O)N1. The summed E-state index contributed by atoms with van der Waals surface area (Å²) in [6.07, 6.45) is 1.91. The van der Waals surface area contributed by atoms with Crippen molar-refractivity contribution in [2.45, 2.75) is 50.6 Å². The topological polar surface area (TPSA) is 95.5 Å². The maximum absolute atomic E-state index is 12.1. The van der Waals surface area contributed by atoms with Crippen LogP contribution in [0.1, 0.15) is 44.1 Å². The van der Waals surface area contributed by atoms with Crippen molar-refractivity contribution in [3.8, 4) is 0 Å². The first kappa shape index (κ1) is 18.3. The van der Waals surface area contributed by atoms with Gasteiger partial charge in [-0.15, -0.1) is 0 Å². The summed E-state index contributed by atoms with van der Waals surface area (Å²) < 4.78 is 0. The van der Waals surface area contributed by atoms with Gasteiger partial charge in [0.2, 0.25) is 11.8 Å². The molecule has 1 fully saturated rings. The fourth-order valence-electron chi connectivity index (χ4n) is 2.90. The highest BCUT2D eigenvalue weighted by atomic mass is 35.5. The molecule has 0 radical (unpaired) electrons. The van der Waals surface area contributed by atoms with E-state index in [1.165, 1.54) is 0 Å². The average Bonchev–Trinajstić information content (AvgIpc) is 2.92. The van der Waals surface area contributed by atoms with Crippen LogP contribution in [0.2, 0.25) is 5.02 Å². The van der Waals surface area contributed by atoms with Crippen LogP contribution in [-0.2, 0) is 20.9 Å². The van der Waals surface area contributed by atoms with Gasteiger partial charge in [0, 0.05) is 36.4 Å². The molecule has 0 spiro atoms. The molecule has 6 nitrogen and oxygen atoms in total. The highest BCUT2D eigenvalue weighted by Gasteiger charge is 2.37. The van der Waals surface area contributed by atoms with E-state index in [2.05, 4.69) is 10.6 Å². The zero-order valence-electron chi connectivity index (χ0n) is 13.3. The van der Waals surface area contributed by atoms with E-state index in [9.17, 15) is 14.4 Å². The second-order valence-electron chi connectivity index (χ2n) is 6.09. The van der Waals surface area contributed by atoms with Crippen LogP contribution in [0.15, 0.2) is 24.3 Å². The van der Waals surface area contributed by atoms with Crippen LogP contribution >= 0.6 is 11.6 Å². The molecule has 0 aromatic heterocycles. The third kappa shape index (κ3) is 5.23. The molecule has 1 heterocycles. The quantitative estimate of drug-likeness (QED) is 0.668. The molecule has 1 aromatic rings. The lowest BCUT2D eigenvalue weighted by Gasteiger charge is -2.28. The number of carboxylic acids is 1. The second kappa shape index (κ2) is 8.15. The Morgan fingerprint density at radius 2 is 1.96 bits per heavy atom. The van der Waals surface area contributed by atoms with Crippen molar-refractivity contribution in [2.75, 3.05) is 0 Å². The molecule has 2 amide bonds. The van der Waals surface area contributed by atoms with E-state index in [4.69, 9.17) is 16.7 Å². The van der Waals surface area contributed by atoms with Gasteiger partial charge >= 0.3 is 5.97 Å². The van der Waals surface area contributed by atoms with Gasteiger partial charge in [0.05, 0.1) is 0 Å². The first-order valence-corrected chi connectivity index (χ1v) is 8.31. The lowest BCUT2D eigenvalue weighted by molar-refractivity contribution is -0.137. The monoisotopic (exact) mass is 352 g/mol. The summed E-state index contributed by atoms with van der Waals surface area (Å²) in [6.45, 7) is 0.340. The number of nitrogens with one attached hydrogen (secondary N) is 2. The fraction of sp³-hybridized carbons (Fsp3) is 0.471. The molecule has 1 aliphatic rings. The van der Waals surface area contributed by atoms with Crippen molar-refractivity contribution in [3.63, 3.8) is 0 Å². The number of carboxylic acid groups (broad SMARTS) is 1. The first-order chi connectivity index (χ1) is 11.4. The maximum Gasteiger partial charge on any atom is 0.303 e. The Labute approximate surface area is 145 Å². The number of hydrogen-bond donors (Lipinski definition) is 3. The third-order valence-electron chi connectivity index (χ3n) is 4.32. The molecule has 0 unspecified atom stereocenters. The summed E-state index contributed by atoms with van der Waals surface area (Å²) in [6, 6.07) is 7.27. The van der Waals surface area contributed by atoms with Gasteiger partial charge in [-0.1, -0.05) is 29.8 Å². The van der Waals surface area contributed by atoms with Crippen molar-refractivity contribution in [1.82, 2.24) is 10.6 Å². The van der Waals surface area contributed by atoms with Crippen molar-refractivity contribution >= 4 is 29.4 Å². The summed E-state index contributed by atoms with van der Waals surface area (Å²) in [7, 11) is 0. The van der Waals surface area contributed by atoms with E-state index in [0.717, 1.165) is 5.56 Å². The van der Waals surface area contributed by atoms with Crippen LogP contribution in [0, 0.1) is 0 Å². The Hall–Kier alpha value is -2.08. The summed E-state index contributed by atoms with van der Waals surface area (Å²) in [5, 5.41) is 15.1. The first-order valence-electron chi connectivity index (χ1n) is 7.93. The number of amides is 2. The molecular formula is C17H21ClN2O4. The Morgan fingerprint density at radius 1 is 1.25 bits per heavy atom. The van der Waals surface area contributed by atoms with Gasteiger partial charge in [-0.05, 0) is 30.9 Å². The molecule has 1 saturated heterocycles. The van der Waals surface area contributed by atoms with Crippen molar-refractivity contribution in [1.29, 1.82) is 0 Å². The van der Waals surface area contributed by atoms with E-state index >= 15 is 0 Å². The van der Waals surface area contributed by atoms with Crippen LogP contribution in [-0.4, -0.2) is 28.4 Å². The van der Waals surface area contributed by atoms with E-state index < -0.39 is 11.5 Å². The number of aliphatic carboxylic acids is 1. The lowest BCUT2D eigenvalue weighted by Crippen LogP contribution is -2.43. The van der Waals surface area contributed by atoms with Gasteiger partial charge in [0.25, 0.3) is 0 Å². The molecule has 3 N–H and O–H groups in total. The number of hydrogen-bond acceptors (Lipinski definition) is 3. The summed E-state index contributed by atoms with van der Waals surface area (Å²) in [4.78, 5) is 34.4. The van der Waals surface area contributed by atoms with Crippen LogP contribution in [0.25, 0.3) is 0 Å². The van der Waals surface area contributed by atoms with Crippen LogP contribution in [0.3, 0.4) is 0 Å². The number of halogens is 1. The van der Waals surface area contributed by atoms with Crippen LogP contribution in [0.5, 0.6) is 0 Å². The number of benzene rings is 1.